The molecular weight excluding hydrogens is 342 g/mol. The summed E-state index contributed by atoms with van der Waals surface area (Å²) in [4.78, 5) is 23.0. The first kappa shape index (κ1) is 20.2. The van der Waals surface area contributed by atoms with Gasteiger partial charge >= 0.3 is 5.97 Å². The minimum Gasteiger partial charge on any atom is -0.489 e. The molecule has 2 rings (SSSR count). The van der Waals surface area contributed by atoms with E-state index >= 15 is 0 Å². The minimum absolute atomic E-state index is 0.190. The van der Waals surface area contributed by atoms with Crippen molar-refractivity contribution >= 4 is 18.0 Å². The number of hydrogen-bond donors (Lipinski definition) is 2. The lowest BCUT2D eigenvalue weighted by molar-refractivity contribution is -0.142. The number of ether oxygens (including phenoxy) is 1. The second kappa shape index (κ2) is 9.57. The number of amides is 1. The molecule has 1 amide bonds. The number of aryl methyl sites for hydroxylation is 1. The lowest BCUT2D eigenvalue weighted by Crippen LogP contribution is -2.43. The van der Waals surface area contributed by atoms with Crippen LogP contribution in [0.15, 0.2) is 54.6 Å². The lowest BCUT2D eigenvalue weighted by Gasteiger charge is -2.16. The Morgan fingerprint density at radius 3 is 2.26 bits per heavy atom. The largest absolute Gasteiger partial charge is 0.489 e. The van der Waals surface area contributed by atoms with Gasteiger partial charge in [0.15, 0.2) is 0 Å². The molecule has 2 aromatic carbocycles. The van der Waals surface area contributed by atoms with E-state index in [1.807, 2.05) is 55.5 Å². The van der Waals surface area contributed by atoms with Crippen LogP contribution < -0.4 is 10.1 Å². The Bertz CT molecular complexity index is 792. The molecule has 5 heteroatoms. The van der Waals surface area contributed by atoms with Gasteiger partial charge in [0.2, 0.25) is 5.91 Å². The Morgan fingerprint density at radius 2 is 1.70 bits per heavy atom. The van der Waals surface area contributed by atoms with Crippen LogP contribution in [-0.2, 0) is 16.2 Å². The van der Waals surface area contributed by atoms with Gasteiger partial charge in [-0.15, -0.1) is 0 Å². The molecule has 0 unspecified atom stereocenters. The maximum absolute atomic E-state index is 11.9. The van der Waals surface area contributed by atoms with Crippen molar-refractivity contribution in [3.8, 4) is 5.75 Å². The summed E-state index contributed by atoms with van der Waals surface area (Å²) in [6, 6.07) is 14.6. The molecule has 0 aliphatic rings. The first-order valence-electron chi connectivity index (χ1n) is 8.85. The average Bonchev–Trinajstić information content (AvgIpc) is 2.64. The molecule has 0 aliphatic carbocycles. The van der Waals surface area contributed by atoms with Gasteiger partial charge in [0.25, 0.3) is 0 Å². The zero-order chi connectivity index (χ0) is 19.8. The van der Waals surface area contributed by atoms with E-state index in [0.717, 1.165) is 16.9 Å². The minimum atomic E-state index is -1.04. The molecule has 142 valence electrons. The van der Waals surface area contributed by atoms with Crippen molar-refractivity contribution in [1.82, 2.24) is 5.32 Å². The van der Waals surface area contributed by atoms with Crippen molar-refractivity contribution < 1.29 is 19.4 Å². The van der Waals surface area contributed by atoms with Gasteiger partial charge in [-0.3, -0.25) is 4.79 Å². The monoisotopic (exact) mass is 367 g/mol. The number of carboxylic acid groups (broad SMARTS) is 1. The molecule has 0 saturated carbocycles. The van der Waals surface area contributed by atoms with E-state index in [1.54, 1.807) is 19.9 Å². The van der Waals surface area contributed by atoms with Crippen molar-refractivity contribution in [3.63, 3.8) is 0 Å². The summed E-state index contributed by atoms with van der Waals surface area (Å²) in [5, 5.41) is 11.6. The van der Waals surface area contributed by atoms with E-state index in [1.165, 1.54) is 11.6 Å². The van der Waals surface area contributed by atoms with E-state index in [9.17, 15) is 9.59 Å². The van der Waals surface area contributed by atoms with Crippen LogP contribution in [0.5, 0.6) is 5.75 Å². The predicted molar refractivity (Wildman–Crippen MR) is 105 cm³/mol. The first-order chi connectivity index (χ1) is 12.8. The van der Waals surface area contributed by atoms with Crippen LogP contribution in [0, 0.1) is 12.8 Å². The quantitative estimate of drug-likeness (QED) is 0.696. The second-order valence-corrected chi connectivity index (χ2v) is 6.75. The normalized spacial score (nSPS) is 12.1. The molecule has 1 atom stereocenters. The van der Waals surface area contributed by atoms with Gasteiger partial charge in [-0.1, -0.05) is 55.8 Å². The highest BCUT2D eigenvalue weighted by Crippen LogP contribution is 2.15. The third-order valence-electron chi connectivity index (χ3n) is 4.06. The van der Waals surface area contributed by atoms with Crippen molar-refractivity contribution in [1.29, 1.82) is 0 Å². The summed E-state index contributed by atoms with van der Waals surface area (Å²) in [5.74, 6) is -0.926. The Hall–Kier alpha value is -3.08. The maximum atomic E-state index is 11.9. The molecule has 0 fully saturated rings. The number of carbonyl (C=O) groups is 2. The van der Waals surface area contributed by atoms with Crippen LogP contribution in [0.2, 0.25) is 0 Å². The second-order valence-electron chi connectivity index (χ2n) is 6.75. The van der Waals surface area contributed by atoms with Crippen molar-refractivity contribution in [2.45, 2.75) is 33.4 Å². The fourth-order valence-electron chi connectivity index (χ4n) is 2.41. The highest BCUT2D eigenvalue weighted by atomic mass is 16.5. The molecule has 27 heavy (non-hydrogen) atoms. The van der Waals surface area contributed by atoms with Crippen LogP contribution in [0.1, 0.15) is 30.5 Å². The Labute approximate surface area is 159 Å². The van der Waals surface area contributed by atoms with Gasteiger partial charge in [0.1, 0.15) is 18.4 Å². The molecule has 0 heterocycles. The van der Waals surface area contributed by atoms with E-state index in [-0.39, 0.29) is 5.92 Å². The summed E-state index contributed by atoms with van der Waals surface area (Å²) in [7, 11) is 0. The van der Waals surface area contributed by atoms with Gasteiger partial charge < -0.3 is 15.2 Å². The maximum Gasteiger partial charge on any atom is 0.326 e. The van der Waals surface area contributed by atoms with Crippen molar-refractivity contribution in [2.75, 3.05) is 0 Å². The Balaban J connectivity index is 1.88. The molecule has 0 saturated heterocycles. The highest BCUT2D eigenvalue weighted by Gasteiger charge is 2.22. The van der Waals surface area contributed by atoms with E-state index in [4.69, 9.17) is 9.84 Å². The molecule has 5 nitrogen and oxygen atoms in total. The van der Waals surface area contributed by atoms with E-state index < -0.39 is 17.9 Å². The zero-order valence-corrected chi connectivity index (χ0v) is 15.8. The fourth-order valence-corrected chi connectivity index (χ4v) is 2.41. The van der Waals surface area contributed by atoms with Gasteiger partial charge in [-0.2, -0.15) is 0 Å². The topological polar surface area (TPSA) is 75.6 Å². The Morgan fingerprint density at radius 1 is 1.07 bits per heavy atom. The number of nitrogens with one attached hydrogen (secondary N) is 1. The molecule has 0 spiro atoms. The van der Waals surface area contributed by atoms with Crippen molar-refractivity contribution in [3.05, 3.63) is 71.3 Å². The fraction of sp³-hybridized carbons (Fsp3) is 0.273. The van der Waals surface area contributed by atoms with E-state index in [0.29, 0.717) is 6.61 Å². The SMILES string of the molecule is Cc1ccc(COc2ccc(/C=C/C(=O)N[C@H](C(=O)O)C(C)C)cc2)cc1. The summed E-state index contributed by atoms with van der Waals surface area (Å²) in [5.41, 5.74) is 3.13. The van der Waals surface area contributed by atoms with Gasteiger partial charge in [0, 0.05) is 6.08 Å². The van der Waals surface area contributed by atoms with Crippen molar-refractivity contribution in [2.24, 2.45) is 5.92 Å². The summed E-state index contributed by atoms with van der Waals surface area (Å²) in [6.07, 6.45) is 2.97. The summed E-state index contributed by atoms with van der Waals surface area (Å²) in [6.45, 7) is 6.03. The lowest BCUT2D eigenvalue weighted by atomic mass is 10.0. The number of benzene rings is 2. The first-order valence-corrected chi connectivity index (χ1v) is 8.85. The predicted octanol–water partition coefficient (Wildman–Crippen LogP) is 3.81. The molecule has 0 aliphatic heterocycles. The van der Waals surface area contributed by atoms with Crippen LogP contribution in [0.3, 0.4) is 0 Å². The van der Waals surface area contributed by atoms with Crippen LogP contribution in [0.25, 0.3) is 6.08 Å². The number of hydrogen-bond acceptors (Lipinski definition) is 3. The van der Waals surface area contributed by atoms with Crippen LogP contribution in [-0.4, -0.2) is 23.0 Å². The molecule has 0 bridgehead atoms. The number of aliphatic carboxylic acids is 1. The summed E-state index contributed by atoms with van der Waals surface area (Å²) >= 11 is 0. The Kier molecular flexibility index (Phi) is 7.17. The molecule has 2 N–H and O–H groups in total. The van der Waals surface area contributed by atoms with Crippen LogP contribution >= 0.6 is 0 Å². The van der Waals surface area contributed by atoms with Gasteiger partial charge in [-0.05, 0) is 42.2 Å². The van der Waals surface area contributed by atoms with E-state index in [2.05, 4.69) is 5.32 Å². The molecule has 2 aromatic rings. The zero-order valence-electron chi connectivity index (χ0n) is 15.8. The van der Waals surface area contributed by atoms with Crippen LogP contribution in [0.4, 0.5) is 0 Å². The number of rotatable bonds is 8. The number of carbonyl (C=O) groups excluding carboxylic acids is 1. The molecule has 0 aromatic heterocycles. The number of carboxylic acids is 1. The summed E-state index contributed by atoms with van der Waals surface area (Å²) < 4.78 is 5.75. The molecule has 0 radical (unpaired) electrons. The highest BCUT2D eigenvalue weighted by molar-refractivity contribution is 5.94. The molecular formula is C22H25NO4. The standard InChI is InChI=1S/C22H25NO4/c1-15(2)21(22(25)26)23-20(24)13-10-17-8-11-19(12-9-17)27-14-18-6-4-16(3)5-7-18/h4-13,15,21H,14H2,1-3H3,(H,23,24)(H,25,26)/b13-10+/t21-/m0/s1. The van der Waals surface area contributed by atoms with Gasteiger partial charge in [0.05, 0.1) is 0 Å². The average molecular weight is 367 g/mol. The smallest absolute Gasteiger partial charge is 0.326 e. The van der Waals surface area contributed by atoms with Gasteiger partial charge in [-0.25, -0.2) is 4.79 Å². The third-order valence-corrected chi connectivity index (χ3v) is 4.06. The third kappa shape index (κ3) is 6.62.